The molecule has 1 heterocycles. The minimum Gasteiger partial charge on any atom is -0.481 e. The lowest BCUT2D eigenvalue weighted by Gasteiger charge is -2.29. The number of ether oxygens (including phenoxy) is 1. The quantitative estimate of drug-likeness (QED) is 0.670. The Labute approximate surface area is 89.2 Å². The van der Waals surface area contributed by atoms with Crippen molar-refractivity contribution in [3.63, 3.8) is 0 Å². The largest absolute Gasteiger partial charge is 0.481 e. The van der Waals surface area contributed by atoms with E-state index in [1.165, 1.54) is 0 Å². The number of hydrogen-bond acceptors (Lipinski definition) is 4. The minimum absolute atomic E-state index is 0.0679. The predicted octanol–water partition coefficient (Wildman–Crippen LogP) is 0.466. The second-order valence-corrected chi connectivity index (χ2v) is 3.65. The lowest BCUT2D eigenvalue weighted by atomic mass is 10.1. The molecule has 15 heavy (non-hydrogen) atoms. The molecule has 1 fully saturated rings. The standard InChI is InChI=1S/C10H16N2O3/c11-4-7-12-5-1-9(2-6-12)15-8-3-10(13)14/h9H,1-3,5-8H2,(H,13,14). The van der Waals surface area contributed by atoms with Crippen molar-refractivity contribution in [1.29, 1.82) is 5.26 Å². The Morgan fingerprint density at radius 3 is 2.73 bits per heavy atom. The summed E-state index contributed by atoms with van der Waals surface area (Å²) in [6.45, 7) is 2.50. The number of carboxylic acids is 1. The summed E-state index contributed by atoms with van der Waals surface area (Å²) in [7, 11) is 0. The molecule has 0 atom stereocenters. The van der Waals surface area contributed by atoms with Crippen molar-refractivity contribution in [2.24, 2.45) is 0 Å². The third kappa shape index (κ3) is 4.77. The van der Waals surface area contributed by atoms with Crippen LogP contribution in [-0.4, -0.2) is 48.3 Å². The van der Waals surface area contributed by atoms with Gasteiger partial charge < -0.3 is 9.84 Å². The van der Waals surface area contributed by atoms with Crippen molar-refractivity contribution in [3.8, 4) is 6.07 Å². The molecular formula is C10H16N2O3. The molecule has 0 spiro atoms. The zero-order valence-corrected chi connectivity index (χ0v) is 8.69. The Bertz CT molecular complexity index is 242. The van der Waals surface area contributed by atoms with Gasteiger partial charge in [0.05, 0.1) is 31.7 Å². The van der Waals surface area contributed by atoms with Gasteiger partial charge >= 0.3 is 5.97 Å². The van der Waals surface area contributed by atoms with Crippen LogP contribution < -0.4 is 0 Å². The molecule has 0 bridgehead atoms. The van der Waals surface area contributed by atoms with Gasteiger partial charge in [-0.1, -0.05) is 0 Å². The molecule has 0 aliphatic carbocycles. The highest BCUT2D eigenvalue weighted by Crippen LogP contribution is 2.13. The van der Waals surface area contributed by atoms with Crippen molar-refractivity contribution in [2.75, 3.05) is 26.2 Å². The third-order valence-corrected chi connectivity index (χ3v) is 2.50. The van der Waals surface area contributed by atoms with Gasteiger partial charge in [0.1, 0.15) is 0 Å². The van der Waals surface area contributed by atoms with Gasteiger partial charge in [-0.05, 0) is 12.8 Å². The van der Waals surface area contributed by atoms with Gasteiger partial charge in [-0.2, -0.15) is 5.26 Å². The molecule has 84 valence electrons. The lowest BCUT2D eigenvalue weighted by molar-refractivity contribution is -0.138. The Balaban J connectivity index is 2.10. The van der Waals surface area contributed by atoms with Crippen LogP contribution in [0.3, 0.4) is 0 Å². The normalized spacial score (nSPS) is 18.6. The number of likely N-dealkylation sites (tertiary alicyclic amines) is 1. The molecule has 0 aromatic heterocycles. The number of carboxylic acid groups (broad SMARTS) is 1. The molecule has 1 aliphatic heterocycles. The summed E-state index contributed by atoms with van der Waals surface area (Å²) < 4.78 is 5.43. The van der Waals surface area contributed by atoms with E-state index in [9.17, 15) is 4.79 Å². The van der Waals surface area contributed by atoms with E-state index >= 15 is 0 Å². The zero-order chi connectivity index (χ0) is 11.1. The molecule has 0 aromatic carbocycles. The molecule has 0 unspecified atom stereocenters. The molecule has 1 rings (SSSR count). The second kappa shape index (κ2) is 6.38. The summed E-state index contributed by atoms with van der Waals surface area (Å²) in [5, 5.41) is 16.9. The molecule has 5 nitrogen and oxygen atoms in total. The molecule has 0 saturated carbocycles. The maximum absolute atomic E-state index is 10.3. The van der Waals surface area contributed by atoms with E-state index < -0.39 is 5.97 Å². The number of nitriles is 1. The number of nitrogens with zero attached hydrogens (tertiary/aromatic N) is 2. The average Bonchev–Trinajstić information content (AvgIpc) is 2.20. The first-order valence-electron chi connectivity index (χ1n) is 5.15. The van der Waals surface area contributed by atoms with E-state index in [2.05, 4.69) is 11.0 Å². The van der Waals surface area contributed by atoms with Crippen molar-refractivity contribution >= 4 is 5.97 Å². The number of carbonyl (C=O) groups is 1. The molecule has 0 amide bonds. The highest BCUT2D eigenvalue weighted by molar-refractivity contribution is 5.66. The van der Waals surface area contributed by atoms with Gasteiger partial charge in [-0.3, -0.25) is 9.69 Å². The first kappa shape index (κ1) is 12.0. The van der Waals surface area contributed by atoms with Crippen LogP contribution in [0.25, 0.3) is 0 Å². The number of rotatable bonds is 5. The third-order valence-electron chi connectivity index (χ3n) is 2.50. The summed E-state index contributed by atoms with van der Waals surface area (Å²) in [5.74, 6) is -0.822. The van der Waals surface area contributed by atoms with Gasteiger partial charge in [-0.15, -0.1) is 0 Å². The number of piperidine rings is 1. The molecule has 1 aliphatic rings. The Morgan fingerprint density at radius 2 is 2.20 bits per heavy atom. The smallest absolute Gasteiger partial charge is 0.305 e. The van der Waals surface area contributed by atoms with Crippen LogP contribution in [0, 0.1) is 11.3 Å². The Kier molecular flexibility index (Phi) is 5.08. The summed E-state index contributed by atoms with van der Waals surface area (Å²) in [6.07, 6.45) is 2.01. The number of hydrogen-bond donors (Lipinski definition) is 1. The van der Waals surface area contributed by atoms with Crippen LogP contribution in [0.4, 0.5) is 0 Å². The van der Waals surface area contributed by atoms with Gasteiger partial charge in [0.15, 0.2) is 0 Å². The second-order valence-electron chi connectivity index (χ2n) is 3.65. The van der Waals surface area contributed by atoms with E-state index in [1.807, 2.05) is 0 Å². The van der Waals surface area contributed by atoms with Crippen LogP contribution in [-0.2, 0) is 9.53 Å². The molecule has 5 heteroatoms. The van der Waals surface area contributed by atoms with Gasteiger partial charge in [0, 0.05) is 13.1 Å². The van der Waals surface area contributed by atoms with Crippen molar-refractivity contribution in [1.82, 2.24) is 4.90 Å². The van der Waals surface area contributed by atoms with Crippen LogP contribution >= 0.6 is 0 Å². The average molecular weight is 212 g/mol. The van der Waals surface area contributed by atoms with E-state index in [1.54, 1.807) is 0 Å². The van der Waals surface area contributed by atoms with Crippen LogP contribution in [0.5, 0.6) is 0 Å². The Hall–Kier alpha value is -1.12. The maximum atomic E-state index is 10.3. The first-order valence-corrected chi connectivity index (χ1v) is 5.15. The Morgan fingerprint density at radius 1 is 1.53 bits per heavy atom. The van der Waals surface area contributed by atoms with Gasteiger partial charge in [0.25, 0.3) is 0 Å². The highest BCUT2D eigenvalue weighted by atomic mass is 16.5. The summed E-state index contributed by atoms with van der Waals surface area (Å²) in [6, 6.07) is 2.12. The fraction of sp³-hybridized carbons (Fsp3) is 0.800. The highest BCUT2D eigenvalue weighted by Gasteiger charge is 2.19. The van der Waals surface area contributed by atoms with Gasteiger partial charge in [-0.25, -0.2) is 0 Å². The van der Waals surface area contributed by atoms with Crippen molar-refractivity contribution in [2.45, 2.75) is 25.4 Å². The first-order chi connectivity index (χ1) is 7.22. The fourth-order valence-corrected chi connectivity index (χ4v) is 1.65. The molecule has 1 saturated heterocycles. The maximum Gasteiger partial charge on any atom is 0.305 e. The summed E-state index contributed by atoms with van der Waals surface area (Å²) in [5.41, 5.74) is 0. The van der Waals surface area contributed by atoms with Crippen molar-refractivity contribution in [3.05, 3.63) is 0 Å². The van der Waals surface area contributed by atoms with Crippen LogP contribution in [0.2, 0.25) is 0 Å². The van der Waals surface area contributed by atoms with Gasteiger partial charge in [0.2, 0.25) is 0 Å². The minimum atomic E-state index is -0.822. The fourth-order valence-electron chi connectivity index (χ4n) is 1.65. The summed E-state index contributed by atoms with van der Waals surface area (Å²) in [4.78, 5) is 12.3. The topological polar surface area (TPSA) is 73.6 Å². The van der Waals surface area contributed by atoms with E-state index in [0.717, 1.165) is 25.9 Å². The molecule has 0 aromatic rings. The SMILES string of the molecule is N#CCN1CCC(OCCC(=O)O)CC1. The predicted molar refractivity (Wildman–Crippen MR) is 53.3 cm³/mol. The molecule has 0 radical (unpaired) electrons. The van der Waals surface area contributed by atoms with E-state index in [0.29, 0.717) is 6.54 Å². The van der Waals surface area contributed by atoms with Crippen molar-refractivity contribution < 1.29 is 14.6 Å². The monoisotopic (exact) mass is 212 g/mol. The summed E-state index contributed by atoms with van der Waals surface area (Å²) >= 11 is 0. The van der Waals surface area contributed by atoms with E-state index in [4.69, 9.17) is 15.1 Å². The van der Waals surface area contributed by atoms with E-state index in [-0.39, 0.29) is 19.1 Å². The molecule has 1 N–H and O–H groups in total. The zero-order valence-electron chi connectivity index (χ0n) is 8.69. The number of aliphatic carboxylic acids is 1. The lowest BCUT2D eigenvalue weighted by Crippen LogP contribution is -2.37. The van der Waals surface area contributed by atoms with Crippen LogP contribution in [0.1, 0.15) is 19.3 Å². The molecular weight excluding hydrogens is 196 g/mol. The van der Waals surface area contributed by atoms with Crippen LogP contribution in [0.15, 0.2) is 0 Å².